The molecular formula is C19H21N3O4S. The Kier molecular flexibility index (Phi) is 7.13. The minimum absolute atomic E-state index is 0.0617. The maximum absolute atomic E-state index is 12.3. The van der Waals surface area contributed by atoms with Gasteiger partial charge in [-0.3, -0.25) is 14.9 Å². The summed E-state index contributed by atoms with van der Waals surface area (Å²) in [7, 11) is 3.02. The number of hydrogen-bond acceptors (Lipinski definition) is 5. The number of benzene rings is 2. The number of carbonyl (C=O) groups excluding carboxylic acids is 2. The quantitative estimate of drug-likeness (QED) is 0.660. The van der Waals surface area contributed by atoms with Crippen LogP contribution in [0.25, 0.3) is 0 Å². The second-order valence-electron chi connectivity index (χ2n) is 5.46. The van der Waals surface area contributed by atoms with Gasteiger partial charge in [-0.15, -0.1) is 0 Å². The molecule has 0 saturated heterocycles. The molecule has 0 radical (unpaired) electrons. The van der Waals surface area contributed by atoms with Crippen LogP contribution in [0, 0.1) is 0 Å². The Balaban J connectivity index is 1.97. The second-order valence-corrected chi connectivity index (χ2v) is 5.87. The van der Waals surface area contributed by atoms with Crippen LogP contribution in [-0.2, 0) is 4.79 Å². The zero-order valence-corrected chi connectivity index (χ0v) is 16.1. The Morgan fingerprint density at radius 3 is 2.07 bits per heavy atom. The average molecular weight is 387 g/mol. The van der Waals surface area contributed by atoms with Gasteiger partial charge < -0.3 is 20.1 Å². The molecule has 0 bridgehead atoms. The Morgan fingerprint density at radius 2 is 1.52 bits per heavy atom. The van der Waals surface area contributed by atoms with Crippen molar-refractivity contribution < 1.29 is 19.1 Å². The number of rotatable bonds is 6. The van der Waals surface area contributed by atoms with Crippen molar-refractivity contribution in [1.82, 2.24) is 5.32 Å². The highest BCUT2D eigenvalue weighted by molar-refractivity contribution is 7.80. The van der Waals surface area contributed by atoms with Crippen LogP contribution in [-0.4, -0.2) is 31.1 Å². The molecular weight excluding hydrogens is 366 g/mol. The van der Waals surface area contributed by atoms with Crippen LogP contribution >= 0.6 is 12.2 Å². The van der Waals surface area contributed by atoms with E-state index in [2.05, 4.69) is 16.0 Å². The summed E-state index contributed by atoms with van der Waals surface area (Å²) in [6.45, 7) is 1.78. The first-order chi connectivity index (χ1) is 13.0. The molecule has 8 heteroatoms. The van der Waals surface area contributed by atoms with Gasteiger partial charge in [-0.1, -0.05) is 6.92 Å². The summed E-state index contributed by atoms with van der Waals surface area (Å²) in [4.78, 5) is 23.7. The van der Waals surface area contributed by atoms with Gasteiger partial charge in [0.1, 0.15) is 0 Å². The fourth-order valence-electron chi connectivity index (χ4n) is 2.20. The number of anilines is 2. The van der Waals surface area contributed by atoms with Crippen LogP contribution in [0.15, 0.2) is 42.5 Å². The third-order valence-corrected chi connectivity index (χ3v) is 3.82. The van der Waals surface area contributed by atoms with Crippen molar-refractivity contribution >= 4 is 40.5 Å². The second kappa shape index (κ2) is 9.54. The Labute approximate surface area is 163 Å². The lowest BCUT2D eigenvalue weighted by molar-refractivity contribution is -0.115. The van der Waals surface area contributed by atoms with E-state index < -0.39 is 0 Å². The summed E-state index contributed by atoms with van der Waals surface area (Å²) in [6, 6.07) is 11.8. The van der Waals surface area contributed by atoms with E-state index in [0.29, 0.717) is 34.9 Å². The fourth-order valence-corrected chi connectivity index (χ4v) is 2.41. The summed E-state index contributed by atoms with van der Waals surface area (Å²) in [6.07, 6.45) is 0.409. The first-order valence-electron chi connectivity index (χ1n) is 8.21. The molecule has 0 heterocycles. The SMILES string of the molecule is CCC(=O)Nc1ccc(NC(=S)NC(=O)c2ccc(OC)c(OC)c2)cc1. The highest BCUT2D eigenvalue weighted by atomic mass is 32.1. The van der Waals surface area contributed by atoms with E-state index in [0.717, 1.165) is 0 Å². The monoisotopic (exact) mass is 387 g/mol. The van der Waals surface area contributed by atoms with Gasteiger partial charge in [0, 0.05) is 23.4 Å². The molecule has 142 valence electrons. The number of hydrogen-bond donors (Lipinski definition) is 3. The number of nitrogens with one attached hydrogen (secondary N) is 3. The highest BCUT2D eigenvalue weighted by Gasteiger charge is 2.12. The van der Waals surface area contributed by atoms with Gasteiger partial charge >= 0.3 is 0 Å². The van der Waals surface area contributed by atoms with E-state index in [1.807, 2.05) is 0 Å². The lowest BCUT2D eigenvalue weighted by atomic mass is 10.2. The van der Waals surface area contributed by atoms with Crippen LogP contribution in [0.5, 0.6) is 11.5 Å². The summed E-state index contributed by atoms with van der Waals surface area (Å²) >= 11 is 5.17. The van der Waals surface area contributed by atoms with Crippen LogP contribution in [0.4, 0.5) is 11.4 Å². The van der Waals surface area contributed by atoms with Gasteiger partial charge in [0.2, 0.25) is 5.91 Å². The smallest absolute Gasteiger partial charge is 0.257 e. The first-order valence-corrected chi connectivity index (χ1v) is 8.62. The molecule has 7 nitrogen and oxygen atoms in total. The van der Waals surface area contributed by atoms with E-state index in [1.165, 1.54) is 14.2 Å². The predicted molar refractivity (Wildman–Crippen MR) is 109 cm³/mol. The normalized spacial score (nSPS) is 9.89. The average Bonchev–Trinajstić information content (AvgIpc) is 2.68. The van der Waals surface area contributed by atoms with Crippen molar-refractivity contribution in [3.63, 3.8) is 0 Å². The summed E-state index contributed by atoms with van der Waals surface area (Å²) in [5.41, 5.74) is 1.75. The Bertz CT molecular complexity index is 837. The Hall–Kier alpha value is -3.13. The number of thiocarbonyl (C=S) groups is 1. The third-order valence-electron chi connectivity index (χ3n) is 3.62. The van der Waals surface area contributed by atoms with Crippen molar-refractivity contribution in [2.75, 3.05) is 24.9 Å². The predicted octanol–water partition coefficient (Wildman–Crippen LogP) is 3.18. The minimum Gasteiger partial charge on any atom is -0.493 e. The molecule has 0 unspecified atom stereocenters. The molecule has 2 aromatic carbocycles. The molecule has 2 amide bonds. The minimum atomic E-state index is -0.375. The largest absolute Gasteiger partial charge is 0.493 e. The lowest BCUT2D eigenvalue weighted by Gasteiger charge is -2.12. The topological polar surface area (TPSA) is 88.7 Å². The van der Waals surface area contributed by atoms with Crippen molar-refractivity contribution in [3.05, 3.63) is 48.0 Å². The highest BCUT2D eigenvalue weighted by Crippen LogP contribution is 2.27. The number of carbonyl (C=O) groups is 2. The number of methoxy groups -OCH3 is 2. The zero-order valence-electron chi connectivity index (χ0n) is 15.3. The molecule has 0 fully saturated rings. The molecule has 0 aliphatic heterocycles. The summed E-state index contributed by atoms with van der Waals surface area (Å²) < 4.78 is 10.3. The van der Waals surface area contributed by atoms with Gasteiger partial charge in [0.25, 0.3) is 5.91 Å². The maximum atomic E-state index is 12.3. The molecule has 0 aliphatic rings. The molecule has 3 N–H and O–H groups in total. The number of amides is 2. The van der Waals surface area contributed by atoms with E-state index >= 15 is 0 Å². The molecule has 2 rings (SSSR count). The van der Waals surface area contributed by atoms with Crippen molar-refractivity contribution in [3.8, 4) is 11.5 Å². The fraction of sp³-hybridized carbons (Fsp3) is 0.211. The molecule has 0 aromatic heterocycles. The van der Waals surface area contributed by atoms with Gasteiger partial charge in [-0.2, -0.15) is 0 Å². The number of ether oxygens (including phenoxy) is 2. The van der Waals surface area contributed by atoms with Crippen LogP contribution in [0.1, 0.15) is 23.7 Å². The molecule has 0 saturated carbocycles. The van der Waals surface area contributed by atoms with Crippen LogP contribution < -0.4 is 25.4 Å². The zero-order chi connectivity index (χ0) is 19.8. The molecule has 0 aliphatic carbocycles. The van der Waals surface area contributed by atoms with Gasteiger partial charge in [-0.25, -0.2) is 0 Å². The Morgan fingerprint density at radius 1 is 0.926 bits per heavy atom. The third kappa shape index (κ3) is 5.68. The summed E-state index contributed by atoms with van der Waals surface area (Å²) in [5, 5.41) is 8.43. The lowest BCUT2D eigenvalue weighted by Crippen LogP contribution is -2.34. The van der Waals surface area contributed by atoms with E-state index in [4.69, 9.17) is 21.7 Å². The van der Waals surface area contributed by atoms with Crippen molar-refractivity contribution in [1.29, 1.82) is 0 Å². The van der Waals surface area contributed by atoms with Crippen molar-refractivity contribution in [2.45, 2.75) is 13.3 Å². The summed E-state index contributed by atoms with van der Waals surface area (Å²) in [5.74, 6) is 0.549. The first kappa shape index (κ1) is 20.2. The van der Waals surface area contributed by atoms with Crippen LogP contribution in [0.3, 0.4) is 0 Å². The van der Waals surface area contributed by atoms with Gasteiger partial charge in [0.15, 0.2) is 16.6 Å². The molecule has 27 heavy (non-hydrogen) atoms. The van der Waals surface area contributed by atoms with Crippen molar-refractivity contribution in [2.24, 2.45) is 0 Å². The van der Waals surface area contributed by atoms with E-state index in [9.17, 15) is 9.59 Å². The van der Waals surface area contributed by atoms with Gasteiger partial charge in [0.05, 0.1) is 14.2 Å². The molecule has 0 atom stereocenters. The molecule has 0 spiro atoms. The molecule has 2 aromatic rings. The van der Waals surface area contributed by atoms with Crippen LogP contribution in [0.2, 0.25) is 0 Å². The standard InChI is InChI=1S/C19H21N3O4S/c1-4-17(23)20-13-6-8-14(9-7-13)21-19(27)22-18(24)12-5-10-15(25-2)16(11-12)26-3/h5-11H,4H2,1-3H3,(H,20,23)(H2,21,22,24,27). The maximum Gasteiger partial charge on any atom is 0.257 e. The van der Waals surface area contributed by atoms with Gasteiger partial charge in [-0.05, 0) is 54.7 Å². The van der Waals surface area contributed by atoms with E-state index in [-0.39, 0.29) is 16.9 Å². The van der Waals surface area contributed by atoms with E-state index in [1.54, 1.807) is 49.4 Å².